The van der Waals surface area contributed by atoms with Crippen LogP contribution < -0.4 is 10.6 Å². The molecule has 29 nitrogen and oxygen atoms in total. The van der Waals surface area contributed by atoms with Crippen molar-refractivity contribution in [2.45, 2.75) is 226 Å². The molecule has 1 aromatic rings. The smallest absolute Gasteiger partial charge is 0.311 e. The van der Waals surface area contributed by atoms with Gasteiger partial charge in [0.25, 0.3) is 0 Å². The van der Waals surface area contributed by atoms with Crippen molar-refractivity contribution in [3.63, 3.8) is 0 Å². The summed E-state index contributed by atoms with van der Waals surface area (Å²) in [5.74, 6) is -8.04. The van der Waals surface area contributed by atoms with Gasteiger partial charge in [-0.05, 0) is 40.2 Å². The fourth-order valence-corrected chi connectivity index (χ4v) is 11.2. The molecule has 4 aliphatic heterocycles. The van der Waals surface area contributed by atoms with Crippen molar-refractivity contribution in [3.8, 4) is 0 Å². The highest BCUT2D eigenvalue weighted by atomic mass is 16.7. The van der Waals surface area contributed by atoms with E-state index < -0.39 is 221 Å². The van der Waals surface area contributed by atoms with Gasteiger partial charge in [-0.1, -0.05) is 129 Å². The first-order valence-electron chi connectivity index (χ1n) is 32.3. The molecule has 20 N–H and O–H groups in total. The minimum atomic E-state index is -2.42. The van der Waals surface area contributed by atoms with E-state index in [9.17, 15) is 85.9 Å². The predicted molar refractivity (Wildman–Crippen MR) is 343 cm³/mol. The van der Waals surface area contributed by atoms with E-state index in [1.807, 2.05) is 6.92 Å². The number of fused-ring (bicyclic) bond motifs is 2. The Bertz CT molecular complexity index is 2650. The van der Waals surface area contributed by atoms with Crippen molar-refractivity contribution >= 4 is 17.7 Å². The van der Waals surface area contributed by atoms with Crippen molar-refractivity contribution < 1.29 is 135 Å². The van der Waals surface area contributed by atoms with Crippen molar-refractivity contribution in [1.82, 2.24) is 10.6 Å². The Balaban J connectivity index is 0.00000135. The molecule has 1 aromatic carbocycles. The molecule has 0 aliphatic carbocycles. The summed E-state index contributed by atoms with van der Waals surface area (Å²) in [5.41, 5.74) is 0.582. The number of aliphatic carboxylic acids is 1. The molecule has 544 valence electrons. The Morgan fingerprint density at radius 1 is 0.656 bits per heavy atom. The maximum atomic E-state index is 13.4. The molecule has 3 saturated heterocycles. The van der Waals surface area contributed by atoms with Gasteiger partial charge in [0.05, 0.1) is 105 Å². The Kier molecular flexibility index (Phi) is 36.7. The molecule has 5 rings (SSSR count). The van der Waals surface area contributed by atoms with Crippen LogP contribution in [-0.4, -0.2) is 283 Å². The lowest BCUT2D eigenvalue weighted by molar-refractivity contribution is -0.309. The highest BCUT2D eigenvalue weighted by Gasteiger charge is 2.52. The Labute approximate surface area is 558 Å². The van der Waals surface area contributed by atoms with Gasteiger partial charge in [-0.15, -0.1) is 0 Å². The molecule has 0 radical (unpaired) electrons. The number of carboxylic acids is 1. The summed E-state index contributed by atoms with van der Waals surface area (Å²) >= 11 is 0. The molecule has 7 unspecified atom stereocenters. The Morgan fingerprint density at radius 2 is 1.25 bits per heavy atom. The zero-order chi connectivity index (χ0) is 71.4. The minimum absolute atomic E-state index is 0.0936. The summed E-state index contributed by atoms with van der Waals surface area (Å²) in [4.78, 5) is 38.9. The average Bonchev–Trinajstić information content (AvgIpc) is 0.795. The number of aliphatic hydroxyl groups is 17. The number of likely N-dealkylation sites (N-methyl/N-ethyl adjacent to an activating group) is 1. The maximum Gasteiger partial charge on any atom is 0.311 e. The van der Waals surface area contributed by atoms with Gasteiger partial charge in [0.15, 0.2) is 24.2 Å². The van der Waals surface area contributed by atoms with E-state index in [2.05, 4.69) is 10.6 Å². The van der Waals surface area contributed by atoms with Gasteiger partial charge in [-0.3, -0.25) is 14.4 Å². The molecule has 4 heterocycles. The van der Waals surface area contributed by atoms with Crippen LogP contribution in [0.4, 0.5) is 0 Å². The number of allylic oxidation sites excluding steroid dienone is 12. The Morgan fingerprint density at radius 3 is 1.84 bits per heavy atom. The van der Waals surface area contributed by atoms with Gasteiger partial charge in [-0.25, -0.2) is 0 Å². The number of carbonyl (C=O) groups excluding carboxylic acids is 2. The van der Waals surface area contributed by atoms with Gasteiger partial charge < -0.3 is 131 Å². The van der Waals surface area contributed by atoms with E-state index in [0.29, 0.717) is 5.56 Å². The van der Waals surface area contributed by atoms with Crippen LogP contribution in [0.1, 0.15) is 90.9 Å². The third-order valence-electron chi connectivity index (χ3n) is 17.0. The molecule has 29 heteroatoms. The molecule has 0 amide bonds. The molecular formula is C67H104N2O27. The first kappa shape index (κ1) is 83.5. The average molecular weight is 1370 g/mol. The number of hydrogen-bond donors (Lipinski definition) is 20. The van der Waals surface area contributed by atoms with E-state index in [0.717, 1.165) is 0 Å². The largest absolute Gasteiger partial charge is 0.481 e. The summed E-state index contributed by atoms with van der Waals surface area (Å²) in [6.45, 7) is 5.18. The van der Waals surface area contributed by atoms with Crippen molar-refractivity contribution in [2.24, 2.45) is 17.8 Å². The number of aliphatic hydroxyl groups excluding tert-OH is 16. The molecular weight excluding hydrogens is 1260 g/mol. The fourth-order valence-electron chi connectivity index (χ4n) is 11.2. The van der Waals surface area contributed by atoms with Crippen LogP contribution in [-0.2, 0) is 42.8 Å². The molecule has 27 atom stereocenters. The quantitative estimate of drug-likeness (QED) is 0.0800. The van der Waals surface area contributed by atoms with E-state index in [1.165, 1.54) is 19.1 Å². The zero-order valence-corrected chi connectivity index (χ0v) is 54.7. The highest BCUT2D eigenvalue weighted by Crippen LogP contribution is 2.39. The number of ketones is 1. The second kappa shape index (κ2) is 42.2. The minimum Gasteiger partial charge on any atom is -0.481 e. The Hall–Kier alpha value is -4.95. The second-order valence-corrected chi connectivity index (χ2v) is 24.9. The van der Waals surface area contributed by atoms with Crippen LogP contribution in [0.2, 0.25) is 0 Å². The van der Waals surface area contributed by atoms with Gasteiger partial charge in [0.2, 0.25) is 0 Å². The normalized spacial score (nSPS) is 37.1. The lowest BCUT2D eigenvalue weighted by Crippen LogP contribution is -2.64. The number of cyclic esters (lactones) is 1. The van der Waals surface area contributed by atoms with Crippen molar-refractivity contribution in [1.29, 1.82) is 0 Å². The van der Waals surface area contributed by atoms with E-state index >= 15 is 0 Å². The number of benzene rings is 1. The van der Waals surface area contributed by atoms with Crippen LogP contribution in [0.15, 0.2) is 115 Å². The van der Waals surface area contributed by atoms with Crippen molar-refractivity contribution in [2.75, 3.05) is 33.4 Å². The summed E-state index contributed by atoms with van der Waals surface area (Å²) in [6.07, 6.45) is -10.4. The van der Waals surface area contributed by atoms with Crippen LogP contribution in [0.25, 0.3) is 0 Å². The topological polar surface area (TPSA) is 495 Å². The molecule has 0 aromatic heterocycles. The number of ether oxygens (including phenoxy) is 6. The number of hydrogen-bond acceptors (Lipinski definition) is 28. The van der Waals surface area contributed by atoms with Crippen molar-refractivity contribution in [3.05, 3.63) is 121 Å². The first-order chi connectivity index (χ1) is 45.4. The van der Waals surface area contributed by atoms with Crippen LogP contribution in [0, 0.1) is 17.8 Å². The summed E-state index contributed by atoms with van der Waals surface area (Å²) in [5, 5.41) is 193. The van der Waals surface area contributed by atoms with Crippen LogP contribution in [0.3, 0.4) is 0 Å². The van der Waals surface area contributed by atoms with E-state index in [1.54, 1.807) is 124 Å². The fraction of sp³-hybridized carbons (Fsp3) is 0.657. The van der Waals surface area contributed by atoms with Crippen LogP contribution >= 0.6 is 0 Å². The summed E-state index contributed by atoms with van der Waals surface area (Å²) < 4.78 is 35.0. The number of esters is 1. The number of Topliss-reactive ketones (excluding diaryl/α,β-unsaturated/α-hetero) is 1. The second-order valence-electron chi connectivity index (χ2n) is 24.9. The van der Waals surface area contributed by atoms with Gasteiger partial charge in [0, 0.05) is 49.6 Å². The zero-order valence-electron chi connectivity index (χ0n) is 54.7. The standard InChI is InChI=1S/C60H87NO22.C7H17NO5/c1-34-20-16-13-11-9-7-5-6-8-10-12-14-19-23-42(81-59-55(74)51(53(72)37(4)80-59)61-32-46(68)54(73)56-47(69)33-78-58(82-56)38-21-17-15-18-22-38)29-48-50(57(75)76)45(67)31-60(77,83-48)30-41(64)27-44(66)43(65)25-24-39(62)26-40(63)28-49(70)79-36(3)35(2)52(34)71;1-8-2-4(10)6(12)7(13)5(11)3-9/h5-23,34-37,39-45,47-48,50-56,58-59,61-67,69,71-74,77H,24-33H2,1-4H3,(H,75,76);4-13H,2-3H2,1H3/t34-,35-,36-,37+,39+,40+,41-,42-,43+,44+,45-,47+,48-,50+,51-,52+,53+,54?,55-,56?,58?,59-,60+;/m0./s1. The number of carbonyl (C=O) groups is 3. The molecule has 3 fully saturated rings. The van der Waals surface area contributed by atoms with E-state index in [4.69, 9.17) is 48.8 Å². The van der Waals surface area contributed by atoms with Gasteiger partial charge in [-0.2, -0.15) is 0 Å². The maximum absolute atomic E-state index is 13.4. The molecule has 2 bridgehead atoms. The number of carboxylic acid groups (broad SMARTS) is 1. The first-order valence-corrected chi connectivity index (χ1v) is 32.3. The van der Waals surface area contributed by atoms with Gasteiger partial charge >= 0.3 is 11.9 Å². The van der Waals surface area contributed by atoms with Gasteiger partial charge in [0.1, 0.15) is 54.7 Å². The van der Waals surface area contributed by atoms with E-state index in [-0.39, 0.29) is 38.3 Å². The number of nitrogens with one attached hydrogen (secondary N) is 2. The lowest BCUT2D eigenvalue weighted by Gasteiger charge is -2.45. The lowest BCUT2D eigenvalue weighted by atomic mass is 9.82. The summed E-state index contributed by atoms with van der Waals surface area (Å²) in [6, 6.07) is 7.32. The third kappa shape index (κ3) is 27.3. The molecule has 96 heavy (non-hydrogen) atoms. The highest BCUT2D eigenvalue weighted by molar-refractivity contribution is 5.85. The third-order valence-corrected chi connectivity index (χ3v) is 17.0. The number of rotatable bonds is 15. The molecule has 4 aliphatic rings. The monoisotopic (exact) mass is 1370 g/mol. The molecule has 0 spiro atoms. The van der Waals surface area contributed by atoms with Crippen LogP contribution in [0.5, 0.6) is 0 Å². The molecule has 0 saturated carbocycles. The SMILES string of the molecule is CNCC(O)C(O)C(O)C(O)CO.C[C@@H]1[C@H](O)[C@@H](C)C=CC=CC=CC=CC=CC=CC=C[C@H](O[C@@H]2O[C@H](C)[C@@H](O)[C@H](NCC(=O)C(O)C3OC(c4ccccc4)OC[C@H]3O)[C@@H]2O)C[C@@H]2O[C@](O)(C[C@@H](O)C[C@@H](O)[C@H](O)CC[C@@H](O)C[C@@H](O)CC(=O)O[C@H]1C)C[C@H](O)[C@H]2C(=O)O. The summed E-state index contributed by atoms with van der Waals surface area (Å²) in [7, 11) is 1.57. The predicted octanol–water partition coefficient (Wildman–Crippen LogP) is -2.61.